The molecule has 0 aliphatic heterocycles. The molecule has 0 heterocycles. The van der Waals surface area contributed by atoms with Crippen LogP contribution in [0.25, 0.3) is 0 Å². The maximum Gasteiger partial charge on any atom is 0.126 e. The summed E-state index contributed by atoms with van der Waals surface area (Å²) in [6.45, 7) is 3.37. The van der Waals surface area contributed by atoms with Crippen LogP contribution in [0.15, 0.2) is 18.2 Å². The first-order valence-corrected chi connectivity index (χ1v) is 5.37. The van der Waals surface area contributed by atoms with E-state index in [1.807, 2.05) is 6.92 Å². The second-order valence-corrected chi connectivity index (χ2v) is 4.10. The number of nitrogens with two attached hydrogens (primary N) is 1. The molecule has 0 saturated carbocycles. The molecule has 84 valence electrons. The van der Waals surface area contributed by atoms with Gasteiger partial charge >= 0.3 is 0 Å². The zero-order valence-electron chi connectivity index (χ0n) is 8.76. The van der Waals surface area contributed by atoms with E-state index in [9.17, 15) is 4.39 Å². The lowest BCUT2D eigenvalue weighted by molar-refractivity contribution is 0.582. The van der Waals surface area contributed by atoms with E-state index in [-0.39, 0.29) is 11.9 Å². The van der Waals surface area contributed by atoms with E-state index >= 15 is 0 Å². The van der Waals surface area contributed by atoms with Crippen molar-refractivity contribution < 1.29 is 4.39 Å². The van der Waals surface area contributed by atoms with Gasteiger partial charge in [0, 0.05) is 17.6 Å². The standard InChI is InChI=1S/C11H16ClFN2/c1-8(14)7-15-5-4-9-6-10(12)2-3-11(9)13/h2-3,6,8,15H,4-5,7,14H2,1H3. The zero-order valence-corrected chi connectivity index (χ0v) is 9.52. The molecular formula is C11H16ClFN2. The Morgan fingerprint density at radius 3 is 2.93 bits per heavy atom. The lowest BCUT2D eigenvalue weighted by atomic mass is 10.1. The highest BCUT2D eigenvalue weighted by atomic mass is 35.5. The van der Waals surface area contributed by atoms with Crippen molar-refractivity contribution in [2.45, 2.75) is 19.4 Å². The monoisotopic (exact) mass is 230 g/mol. The Labute approximate surface area is 94.6 Å². The Bertz CT molecular complexity index is 315. The summed E-state index contributed by atoms with van der Waals surface area (Å²) in [6, 6.07) is 4.72. The van der Waals surface area contributed by atoms with Crippen molar-refractivity contribution in [2.24, 2.45) is 5.73 Å². The smallest absolute Gasteiger partial charge is 0.126 e. The van der Waals surface area contributed by atoms with Crippen molar-refractivity contribution in [3.63, 3.8) is 0 Å². The molecule has 3 N–H and O–H groups in total. The van der Waals surface area contributed by atoms with Crippen molar-refractivity contribution in [3.05, 3.63) is 34.6 Å². The Balaban J connectivity index is 2.40. The van der Waals surface area contributed by atoms with Gasteiger partial charge in [-0.2, -0.15) is 0 Å². The third-order valence-electron chi connectivity index (χ3n) is 2.05. The highest BCUT2D eigenvalue weighted by Gasteiger charge is 2.02. The average molecular weight is 231 g/mol. The molecule has 1 aromatic carbocycles. The fourth-order valence-electron chi connectivity index (χ4n) is 1.29. The molecule has 0 radical (unpaired) electrons. The Morgan fingerprint density at radius 1 is 1.53 bits per heavy atom. The maximum atomic E-state index is 13.2. The molecule has 0 amide bonds. The van der Waals surface area contributed by atoms with E-state index in [4.69, 9.17) is 17.3 Å². The zero-order chi connectivity index (χ0) is 11.3. The lowest BCUT2D eigenvalue weighted by Crippen LogP contribution is -2.32. The minimum absolute atomic E-state index is 0.120. The van der Waals surface area contributed by atoms with Crippen LogP contribution in [0, 0.1) is 5.82 Å². The fourth-order valence-corrected chi connectivity index (χ4v) is 1.48. The molecule has 1 unspecified atom stereocenters. The van der Waals surface area contributed by atoms with Crippen LogP contribution in [-0.4, -0.2) is 19.1 Å². The van der Waals surface area contributed by atoms with Gasteiger partial charge in [0.2, 0.25) is 0 Å². The SMILES string of the molecule is CC(N)CNCCc1cc(Cl)ccc1F. The first-order valence-electron chi connectivity index (χ1n) is 5.00. The van der Waals surface area contributed by atoms with Crippen molar-refractivity contribution in [2.75, 3.05) is 13.1 Å². The number of rotatable bonds is 5. The molecule has 0 spiro atoms. The average Bonchev–Trinajstić information content (AvgIpc) is 2.17. The van der Waals surface area contributed by atoms with Gasteiger partial charge in [0.25, 0.3) is 0 Å². The predicted molar refractivity (Wildman–Crippen MR) is 61.6 cm³/mol. The molecule has 1 rings (SSSR count). The van der Waals surface area contributed by atoms with Crippen LogP contribution in [0.1, 0.15) is 12.5 Å². The van der Waals surface area contributed by atoms with Gasteiger partial charge in [0.05, 0.1) is 0 Å². The summed E-state index contributed by atoms with van der Waals surface area (Å²) < 4.78 is 13.2. The first kappa shape index (κ1) is 12.4. The Morgan fingerprint density at radius 2 is 2.27 bits per heavy atom. The van der Waals surface area contributed by atoms with Crippen LogP contribution in [0.2, 0.25) is 5.02 Å². The van der Waals surface area contributed by atoms with Gasteiger partial charge in [0.15, 0.2) is 0 Å². The number of benzene rings is 1. The quantitative estimate of drug-likeness (QED) is 0.759. The lowest BCUT2D eigenvalue weighted by Gasteiger charge is -2.08. The highest BCUT2D eigenvalue weighted by Crippen LogP contribution is 2.14. The van der Waals surface area contributed by atoms with Gasteiger partial charge in [-0.05, 0) is 43.7 Å². The van der Waals surface area contributed by atoms with Crippen LogP contribution in [0.4, 0.5) is 4.39 Å². The largest absolute Gasteiger partial charge is 0.327 e. The number of hydrogen-bond acceptors (Lipinski definition) is 2. The van der Waals surface area contributed by atoms with Crippen molar-refractivity contribution in [1.29, 1.82) is 0 Å². The van der Waals surface area contributed by atoms with Gasteiger partial charge in [-0.15, -0.1) is 0 Å². The third kappa shape index (κ3) is 4.60. The first-order chi connectivity index (χ1) is 7.09. The summed E-state index contributed by atoms with van der Waals surface area (Å²) in [6.07, 6.45) is 0.624. The summed E-state index contributed by atoms with van der Waals surface area (Å²) in [5, 5.41) is 3.71. The molecule has 0 saturated heterocycles. The molecule has 0 aromatic heterocycles. The maximum absolute atomic E-state index is 13.2. The third-order valence-corrected chi connectivity index (χ3v) is 2.28. The molecule has 0 fully saturated rings. The van der Waals surface area contributed by atoms with Crippen LogP contribution in [0.5, 0.6) is 0 Å². The molecule has 1 atom stereocenters. The molecule has 2 nitrogen and oxygen atoms in total. The fraction of sp³-hybridized carbons (Fsp3) is 0.455. The minimum atomic E-state index is -0.206. The molecule has 1 aromatic rings. The van der Waals surface area contributed by atoms with E-state index < -0.39 is 0 Å². The van der Waals surface area contributed by atoms with Gasteiger partial charge in [-0.25, -0.2) is 4.39 Å². The number of halogens is 2. The summed E-state index contributed by atoms with van der Waals surface area (Å²) >= 11 is 5.77. The van der Waals surface area contributed by atoms with E-state index in [0.717, 1.165) is 6.54 Å². The molecule has 0 bridgehead atoms. The Kier molecular flexibility index (Phi) is 5.02. The van der Waals surface area contributed by atoms with Gasteiger partial charge < -0.3 is 11.1 Å². The van der Waals surface area contributed by atoms with Crippen molar-refractivity contribution in [3.8, 4) is 0 Å². The van der Waals surface area contributed by atoms with Crippen LogP contribution in [-0.2, 0) is 6.42 Å². The highest BCUT2D eigenvalue weighted by molar-refractivity contribution is 6.30. The van der Waals surface area contributed by atoms with Crippen molar-refractivity contribution >= 4 is 11.6 Å². The van der Waals surface area contributed by atoms with E-state index in [0.29, 0.717) is 23.6 Å². The minimum Gasteiger partial charge on any atom is -0.327 e. The molecule has 15 heavy (non-hydrogen) atoms. The number of nitrogens with one attached hydrogen (secondary N) is 1. The van der Waals surface area contributed by atoms with Crippen LogP contribution < -0.4 is 11.1 Å². The second kappa shape index (κ2) is 6.05. The normalized spacial score (nSPS) is 12.8. The van der Waals surface area contributed by atoms with Gasteiger partial charge in [0.1, 0.15) is 5.82 Å². The van der Waals surface area contributed by atoms with Crippen LogP contribution in [0.3, 0.4) is 0 Å². The summed E-state index contributed by atoms with van der Waals surface area (Å²) in [5.74, 6) is -0.206. The second-order valence-electron chi connectivity index (χ2n) is 3.67. The topological polar surface area (TPSA) is 38.0 Å². The van der Waals surface area contributed by atoms with Gasteiger partial charge in [-0.1, -0.05) is 11.6 Å². The van der Waals surface area contributed by atoms with E-state index in [2.05, 4.69) is 5.32 Å². The van der Waals surface area contributed by atoms with Crippen LogP contribution >= 0.6 is 11.6 Å². The van der Waals surface area contributed by atoms with E-state index in [1.54, 1.807) is 12.1 Å². The molecular weight excluding hydrogens is 215 g/mol. The summed E-state index contributed by atoms with van der Waals surface area (Å²) in [5.41, 5.74) is 6.21. The van der Waals surface area contributed by atoms with Crippen molar-refractivity contribution in [1.82, 2.24) is 5.32 Å². The molecule has 4 heteroatoms. The Hall–Kier alpha value is -0.640. The summed E-state index contributed by atoms with van der Waals surface area (Å²) in [4.78, 5) is 0. The van der Waals surface area contributed by atoms with Gasteiger partial charge in [-0.3, -0.25) is 0 Å². The summed E-state index contributed by atoms with van der Waals surface area (Å²) in [7, 11) is 0. The number of hydrogen-bond donors (Lipinski definition) is 2. The molecule has 0 aliphatic rings. The van der Waals surface area contributed by atoms with E-state index in [1.165, 1.54) is 6.07 Å². The predicted octanol–water partition coefficient (Wildman–Crippen LogP) is 1.96. The molecule has 0 aliphatic carbocycles.